The van der Waals surface area contributed by atoms with Crippen molar-refractivity contribution >= 4 is 23.0 Å². The van der Waals surface area contributed by atoms with Crippen LogP contribution in [0.4, 0.5) is 11.4 Å². The zero-order valence-corrected chi connectivity index (χ0v) is 14.1. The summed E-state index contributed by atoms with van der Waals surface area (Å²) in [5, 5.41) is 22.3. The lowest BCUT2D eigenvalue weighted by Crippen LogP contribution is -2.38. The molecule has 0 amide bonds. The number of nitrogens with zero attached hydrogens (tertiary/aromatic N) is 4. The Hall–Kier alpha value is -2.12. The second-order valence-electron chi connectivity index (χ2n) is 6.08. The van der Waals surface area contributed by atoms with Crippen LogP contribution in [0.3, 0.4) is 0 Å². The Morgan fingerprint density at radius 1 is 1.50 bits per heavy atom. The van der Waals surface area contributed by atoms with Crippen molar-refractivity contribution in [3.8, 4) is 0 Å². The van der Waals surface area contributed by atoms with Crippen LogP contribution >= 0.6 is 11.6 Å². The summed E-state index contributed by atoms with van der Waals surface area (Å²) in [5.41, 5.74) is 0.538. The van der Waals surface area contributed by atoms with Crippen molar-refractivity contribution in [2.45, 2.75) is 18.9 Å². The summed E-state index contributed by atoms with van der Waals surface area (Å²) in [4.78, 5) is 17.1. The van der Waals surface area contributed by atoms with Crippen LogP contribution in [0.15, 0.2) is 30.6 Å². The zero-order chi connectivity index (χ0) is 17.3. The summed E-state index contributed by atoms with van der Waals surface area (Å²) in [6, 6.07) is 4.70. The quantitative estimate of drug-likeness (QED) is 0.677. The van der Waals surface area contributed by atoms with E-state index in [0.29, 0.717) is 29.6 Å². The molecule has 1 aliphatic rings. The van der Waals surface area contributed by atoms with Crippen molar-refractivity contribution in [2.75, 3.05) is 18.0 Å². The summed E-state index contributed by atoms with van der Waals surface area (Å²) in [6.45, 7) is 1.25. The number of rotatable bonds is 4. The topological polar surface area (TPSA) is 84.4 Å². The molecule has 0 bridgehead atoms. The molecule has 1 saturated heterocycles. The lowest BCUT2D eigenvalue weighted by Gasteiger charge is -2.36. The van der Waals surface area contributed by atoms with Crippen molar-refractivity contribution in [1.82, 2.24) is 9.55 Å². The zero-order valence-electron chi connectivity index (χ0n) is 13.3. The van der Waals surface area contributed by atoms with Gasteiger partial charge in [0.2, 0.25) is 0 Å². The SMILES string of the molecule is Cn1ccnc1C(O)C1CCCN(c2ccc(Cl)cc2[N+](=O)[O-])C1. The Bertz CT molecular complexity index is 749. The Labute approximate surface area is 144 Å². The van der Waals surface area contributed by atoms with Gasteiger partial charge >= 0.3 is 0 Å². The molecule has 0 aliphatic carbocycles. The first-order valence-electron chi connectivity index (χ1n) is 7.81. The predicted octanol–water partition coefficient (Wildman–Crippen LogP) is 2.93. The average molecular weight is 351 g/mol. The number of halogens is 1. The summed E-state index contributed by atoms with van der Waals surface area (Å²) in [5.74, 6) is 0.586. The minimum absolute atomic E-state index is 0.00497. The highest BCUT2D eigenvalue weighted by atomic mass is 35.5. The molecule has 1 aliphatic heterocycles. The van der Waals surface area contributed by atoms with Gasteiger partial charge in [-0.25, -0.2) is 4.98 Å². The van der Waals surface area contributed by atoms with E-state index in [1.54, 1.807) is 29.1 Å². The smallest absolute Gasteiger partial charge is 0.294 e. The van der Waals surface area contributed by atoms with Crippen LogP contribution in [-0.4, -0.2) is 32.7 Å². The first-order chi connectivity index (χ1) is 11.5. The molecule has 1 aromatic carbocycles. The monoisotopic (exact) mass is 350 g/mol. The molecule has 3 rings (SSSR count). The van der Waals surface area contributed by atoms with Crippen molar-refractivity contribution in [2.24, 2.45) is 13.0 Å². The van der Waals surface area contributed by atoms with E-state index in [0.717, 1.165) is 12.8 Å². The molecule has 24 heavy (non-hydrogen) atoms. The summed E-state index contributed by atoms with van der Waals surface area (Å²) in [7, 11) is 1.84. The van der Waals surface area contributed by atoms with Crippen molar-refractivity contribution in [3.63, 3.8) is 0 Å². The van der Waals surface area contributed by atoms with Gasteiger partial charge in [0, 0.05) is 49.5 Å². The fourth-order valence-corrected chi connectivity index (χ4v) is 3.44. The second kappa shape index (κ2) is 6.78. The number of nitro benzene ring substituents is 1. The van der Waals surface area contributed by atoms with Crippen molar-refractivity contribution in [1.29, 1.82) is 0 Å². The van der Waals surface area contributed by atoms with E-state index < -0.39 is 11.0 Å². The van der Waals surface area contributed by atoms with Crippen molar-refractivity contribution < 1.29 is 10.0 Å². The average Bonchev–Trinajstić information content (AvgIpc) is 3.00. The van der Waals surface area contributed by atoms with Gasteiger partial charge in [-0.2, -0.15) is 0 Å². The number of nitro groups is 1. The largest absolute Gasteiger partial charge is 0.385 e. The van der Waals surface area contributed by atoms with E-state index in [2.05, 4.69) is 4.98 Å². The highest BCUT2D eigenvalue weighted by Crippen LogP contribution is 2.36. The van der Waals surface area contributed by atoms with E-state index in [-0.39, 0.29) is 11.6 Å². The van der Waals surface area contributed by atoms with Crippen LogP contribution in [0.5, 0.6) is 0 Å². The molecular formula is C16H19ClN4O3. The molecule has 1 N–H and O–H groups in total. The predicted molar refractivity (Wildman–Crippen MR) is 91.2 cm³/mol. The Kier molecular flexibility index (Phi) is 4.73. The van der Waals surface area contributed by atoms with Crippen LogP contribution in [0.25, 0.3) is 0 Å². The molecule has 2 heterocycles. The van der Waals surface area contributed by atoms with E-state index in [4.69, 9.17) is 11.6 Å². The highest BCUT2D eigenvalue weighted by molar-refractivity contribution is 6.30. The number of aliphatic hydroxyl groups excluding tert-OH is 1. The number of imidazole rings is 1. The van der Waals surface area contributed by atoms with E-state index in [9.17, 15) is 15.2 Å². The van der Waals surface area contributed by atoms with Crippen LogP contribution in [0, 0.1) is 16.0 Å². The first-order valence-corrected chi connectivity index (χ1v) is 8.19. The molecular weight excluding hydrogens is 332 g/mol. The molecule has 2 unspecified atom stereocenters. The van der Waals surface area contributed by atoms with Gasteiger partial charge in [0.15, 0.2) is 0 Å². The summed E-state index contributed by atoms with van der Waals surface area (Å²) >= 11 is 5.89. The third-order valence-corrected chi connectivity index (χ3v) is 4.74. The minimum atomic E-state index is -0.695. The Balaban J connectivity index is 1.84. The van der Waals surface area contributed by atoms with Crippen LogP contribution in [0.2, 0.25) is 5.02 Å². The number of aryl methyl sites for hydroxylation is 1. The second-order valence-corrected chi connectivity index (χ2v) is 6.52. The van der Waals surface area contributed by atoms with Gasteiger partial charge in [-0.05, 0) is 25.0 Å². The Morgan fingerprint density at radius 3 is 2.96 bits per heavy atom. The first kappa shape index (κ1) is 16.7. The number of aromatic nitrogens is 2. The number of anilines is 1. The maximum absolute atomic E-state index is 11.3. The van der Waals surface area contributed by atoms with Gasteiger partial charge in [-0.3, -0.25) is 10.1 Å². The molecule has 2 aromatic rings. The highest BCUT2D eigenvalue weighted by Gasteiger charge is 2.31. The fourth-order valence-electron chi connectivity index (χ4n) is 3.27. The third kappa shape index (κ3) is 3.22. The molecule has 2 atom stereocenters. The van der Waals surface area contributed by atoms with Gasteiger partial charge in [0.25, 0.3) is 5.69 Å². The molecule has 0 spiro atoms. The van der Waals surface area contributed by atoms with Crippen LogP contribution in [0.1, 0.15) is 24.8 Å². The fraction of sp³-hybridized carbons (Fsp3) is 0.438. The number of aliphatic hydroxyl groups is 1. The molecule has 1 aromatic heterocycles. The molecule has 0 radical (unpaired) electrons. The molecule has 128 valence electrons. The summed E-state index contributed by atoms with van der Waals surface area (Å²) < 4.78 is 1.80. The Morgan fingerprint density at radius 2 is 2.29 bits per heavy atom. The van der Waals surface area contributed by atoms with E-state index in [1.165, 1.54) is 6.07 Å². The molecule has 7 nitrogen and oxygen atoms in total. The summed E-state index contributed by atoms with van der Waals surface area (Å²) in [6.07, 6.45) is 4.46. The van der Waals surface area contributed by atoms with Crippen LogP contribution in [-0.2, 0) is 7.05 Å². The minimum Gasteiger partial charge on any atom is -0.385 e. The normalized spacial score (nSPS) is 19.3. The van der Waals surface area contributed by atoms with Gasteiger partial charge < -0.3 is 14.6 Å². The molecule has 0 saturated carbocycles. The molecule has 8 heteroatoms. The van der Waals surface area contributed by atoms with Gasteiger partial charge in [-0.1, -0.05) is 11.6 Å². The van der Waals surface area contributed by atoms with Gasteiger partial charge in [0.1, 0.15) is 17.6 Å². The van der Waals surface area contributed by atoms with Crippen LogP contribution < -0.4 is 4.90 Å². The maximum Gasteiger partial charge on any atom is 0.294 e. The number of benzene rings is 1. The maximum atomic E-state index is 11.3. The number of hydrogen-bond acceptors (Lipinski definition) is 5. The lowest BCUT2D eigenvalue weighted by atomic mass is 9.91. The third-order valence-electron chi connectivity index (χ3n) is 4.50. The van der Waals surface area contributed by atoms with Gasteiger partial charge in [-0.15, -0.1) is 0 Å². The molecule has 1 fully saturated rings. The number of hydrogen-bond donors (Lipinski definition) is 1. The van der Waals surface area contributed by atoms with Crippen molar-refractivity contribution in [3.05, 3.63) is 51.6 Å². The van der Waals surface area contributed by atoms with E-state index in [1.807, 2.05) is 11.9 Å². The van der Waals surface area contributed by atoms with Gasteiger partial charge in [0.05, 0.1) is 4.92 Å². The van der Waals surface area contributed by atoms with E-state index >= 15 is 0 Å². The standard InChI is InChI=1S/C16H19ClN4O3/c1-19-8-6-18-16(19)15(22)11-3-2-7-20(10-11)13-5-4-12(17)9-14(13)21(23)24/h4-6,8-9,11,15,22H,2-3,7,10H2,1H3. The number of piperidine rings is 1. The lowest BCUT2D eigenvalue weighted by molar-refractivity contribution is -0.384.